The van der Waals surface area contributed by atoms with Crippen molar-refractivity contribution >= 4 is 33.4 Å². The Morgan fingerprint density at radius 2 is 1.74 bits per heavy atom. The molecular formula is C24H19BrN2O4. The quantitative estimate of drug-likeness (QED) is 0.327. The summed E-state index contributed by atoms with van der Waals surface area (Å²) in [5.41, 5.74) is 2.77. The van der Waals surface area contributed by atoms with Gasteiger partial charge in [0.1, 0.15) is 11.5 Å². The molecule has 0 radical (unpaired) electrons. The number of phenolic OH excluding ortho intramolecular Hbond substituents is 1. The molecule has 2 heterocycles. The SMILES string of the molecule is Cc1cc(/C(O)=C2/C(=O)C(=O)N(Cc3ccncc3)C2c2ccc(O)cc2)ccc1Br. The molecule has 1 atom stereocenters. The normalized spacial score (nSPS) is 17.9. The zero-order valence-corrected chi connectivity index (χ0v) is 18.2. The van der Waals surface area contributed by atoms with Crippen LogP contribution in [0.5, 0.6) is 5.75 Å². The van der Waals surface area contributed by atoms with Crippen molar-refractivity contribution in [2.45, 2.75) is 19.5 Å². The second-order valence-electron chi connectivity index (χ2n) is 7.34. The summed E-state index contributed by atoms with van der Waals surface area (Å²) >= 11 is 3.43. The number of ketones is 1. The van der Waals surface area contributed by atoms with Crippen molar-refractivity contribution in [2.75, 3.05) is 0 Å². The fourth-order valence-electron chi connectivity index (χ4n) is 3.68. The van der Waals surface area contributed by atoms with Crippen LogP contribution in [0.25, 0.3) is 5.76 Å². The monoisotopic (exact) mass is 478 g/mol. The number of amides is 1. The number of likely N-dealkylation sites (tertiary alicyclic amines) is 1. The number of rotatable bonds is 4. The number of aliphatic hydroxyl groups is 1. The lowest BCUT2D eigenvalue weighted by Gasteiger charge is -2.25. The smallest absolute Gasteiger partial charge is 0.295 e. The van der Waals surface area contributed by atoms with Gasteiger partial charge in [0.25, 0.3) is 11.7 Å². The van der Waals surface area contributed by atoms with Crippen LogP contribution in [-0.2, 0) is 16.1 Å². The van der Waals surface area contributed by atoms with Crippen LogP contribution in [0.15, 0.2) is 77.0 Å². The minimum absolute atomic E-state index is 0.0199. The molecule has 3 aromatic rings. The molecule has 1 amide bonds. The van der Waals surface area contributed by atoms with Crippen LogP contribution in [-0.4, -0.2) is 31.8 Å². The second-order valence-corrected chi connectivity index (χ2v) is 8.19. The highest BCUT2D eigenvalue weighted by molar-refractivity contribution is 9.10. The summed E-state index contributed by atoms with van der Waals surface area (Å²) in [7, 11) is 0. The fraction of sp³-hybridized carbons (Fsp3) is 0.125. The van der Waals surface area contributed by atoms with E-state index in [0.717, 1.165) is 15.6 Å². The van der Waals surface area contributed by atoms with E-state index in [9.17, 15) is 19.8 Å². The van der Waals surface area contributed by atoms with Gasteiger partial charge >= 0.3 is 0 Å². The van der Waals surface area contributed by atoms with E-state index in [1.807, 2.05) is 6.92 Å². The number of nitrogens with zero attached hydrogens (tertiary/aromatic N) is 2. The van der Waals surface area contributed by atoms with Gasteiger partial charge in [-0.15, -0.1) is 0 Å². The van der Waals surface area contributed by atoms with Crippen LogP contribution >= 0.6 is 15.9 Å². The van der Waals surface area contributed by atoms with Crippen LogP contribution in [0.3, 0.4) is 0 Å². The van der Waals surface area contributed by atoms with Crippen LogP contribution < -0.4 is 0 Å². The van der Waals surface area contributed by atoms with E-state index in [2.05, 4.69) is 20.9 Å². The summed E-state index contributed by atoms with van der Waals surface area (Å²) in [5, 5.41) is 20.8. The molecule has 156 valence electrons. The summed E-state index contributed by atoms with van der Waals surface area (Å²) in [6.45, 7) is 2.05. The predicted molar refractivity (Wildman–Crippen MR) is 119 cm³/mol. The van der Waals surface area contributed by atoms with Gasteiger partial charge in [0, 0.05) is 29.0 Å². The first-order chi connectivity index (χ1) is 14.9. The Balaban J connectivity index is 1.87. The number of hydrogen-bond acceptors (Lipinski definition) is 5. The van der Waals surface area contributed by atoms with E-state index < -0.39 is 17.7 Å². The number of carbonyl (C=O) groups excluding carboxylic acids is 2. The van der Waals surface area contributed by atoms with E-state index in [0.29, 0.717) is 11.1 Å². The molecule has 1 fully saturated rings. The second kappa shape index (κ2) is 8.35. The Hall–Kier alpha value is -3.45. The molecule has 2 N–H and O–H groups in total. The van der Waals surface area contributed by atoms with Crippen molar-refractivity contribution in [3.63, 3.8) is 0 Å². The van der Waals surface area contributed by atoms with Gasteiger partial charge < -0.3 is 15.1 Å². The minimum atomic E-state index is -0.794. The van der Waals surface area contributed by atoms with Gasteiger partial charge in [-0.2, -0.15) is 0 Å². The first-order valence-electron chi connectivity index (χ1n) is 9.59. The lowest BCUT2D eigenvalue weighted by atomic mass is 9.94. The Morgan fingerprint density at radius 1 is 1.06 bits per heavy atom. The van der Waals surface area contributed by atoms with Crippen molar-refractivity contribution in [1.29, 1.82) is 0 Å². The molecule has 4 rings (SSSR count). The van der Waals surface area contributed by atoms with E-state index in [1.54, 1.807) is 54.9 Å². The van der Waals surface area contributed by atoms with E-state index in [4.69, 9.17) is 0 Å². The molecule has 0 bridgehead atoms. The maximum Gasteiger partial charge on any atom is 0.295 e. The highest BCUT2D eigenvalue weighted by Gasteiger charge is 2.46. The summed E-state index contributed by atoms with van der Waals surface area (Å²) in [5.74, 6) is -1.60. The molecule has 1 aliphatic rings. The first kappa shape index (κ1) is 20.8. The zero-order chi connectivity index (χ0) is 22.1. The number of carbonyl (C=O) groups is 2. The molecule has 1 aliphatic heterocycles. The third-order valence-electron chi connectivity index (χ3n) is 5.28. The Kier molecular flexibility index (Phi) is 5.61. The molecule has 0 aliphatic carbocycles. The van der Waals surface area contributed by atoms with Crippen molar-refractivity contribution in [3.8, 4) is 5.75 Å². The molecular weight excluding hydrogens is 460 g/mol. The summed E-state index contributed by atoms with van der Waals surface area (Å²) < 4.78 is 0.872. The van der Waals surface area contributed by atoms with Gasteiger partial charge in [0.15, 0.2) is 0 Å². The topological polar surface area (TPSA) is 90.7 Å². The fourth-order valence-corrected chi connectivity index (χ4v) is 3.93. The highest BCUT2D eigenvalue weighted by atomic mass is 79.9. The number of phenols is 1. The van der Waals surface area contributed by atoms with Crippen molar-refractivity contribution in [1.82, 2.24) is 9.88 Å². The van der Waals surface area contributed by atoms with Crippen LogP contribution in [0.4, 0.5) is 0 Å². The Morgan fingerprint density at radius 3 is 2.39 bits per heavy atom. The first-order valence-corrected chi connectivity index (χ1v) is 10.4. The average molecular weight is 479 g/mol. The van der Waals surface area contributed by atoms with Gasteiger partial charge in [-0.1, -0.05) is 34.1 Å². The molecule has 1 aromatic heterocycles. The van der Waals surface area contributed by atoms with Gasteiger partial charge in [-0.25, -0.2) is 0 Å². The number of aryl methyl sites for hydroxylation is 1. The van der Waals surface area contributed by atoms with Crippen molar-refractivity contribution in [3.05, 3.63) is 99.3 Å². The lowest BCUT2D eigenvalue weighted by molar-refractivity contribution is -0.140. The molecule has 0 spiro atoms. The third kappa shape index (κ3) is 3.96. The summed E-state index contributed by atoms with van der Waals surface area (Å²) in [6, 6.07) is 14.2. The zero-order valence-electron chi connectivity index (χ0n) is 16.6. The lowest BCUT2D eigenvalue weighted by Crippen LogP contribution is -2.29. The summed E-state index contributed by atoms with van der Waals surface area (Å²) in [4.78, 5) is 31.4. The van der Waals surface area contributed by atoms with Crippen LogP contribution in [0.2, 0.25) is 0 Å². The number of hydrogen-bond donors (Lipinski definition) is 2. The molecule has 1 saturated heterocycles. The van der Waals surface area contributed by atoms with E-state index >= 15 is 0 Å². The maximum atomic E-state index is 13.0. The standard InChI is InChI=1S/C24H19BrN2O4/c1-14-12-17(4-7-19(14)25)22(29)20-21(16-2-5-18(28)6-3-16)27(24(31)23(20)30)13-15-8-10-26-11-9-15/h2-12,21,28-29H,13H2,1H3/b22-20-. The number of Topliss-reactive ketones (excluding diaryl/α,β-unsaturated/α-hetero) is 1. The van der Waals surface area contributed by atoms with E-state index in [1.165, 1.54) is 17.0 Å². The number of aliphatic hydroxyl groups excluding tert-OH is 1. The Bertz CT molecular complexity index is 1190. The summed E-state index contributed by atoms with van der Waals surface area (Å²) in [6.07, 6.45) is 3.23. The van der Waals surface area contributed by atoms with Gasteiger partial charge in [0.2, 0.25) is 0 Å². The van der Waals surface area contributed by atoms with Gasteiger partial charge in [0.05, 0.1) is 11.6 Å². The molecule has 31 heavy (non-hydrogen) atoms. The van der Waals surface area contributed by atoms with Crippen molar-refractivity contribution < 1.29 is 19.8 Å². The Labute approximate surface area is 187 Å². The number of benzene rings is 2. The minimum Gasteiger partial charge on any atom is -0.508 e. The average Bonchev–Trinajstić information content (AvgIpc) is 3.01. The molecule has 0 saturated carbocycles. The molecule has 6 nitrogen and oxygen atoms in total. The van der Waals surface area contributed by atoms with Gasteiger partial charge in [-0.3, -0.25) is 14.6 Å². The number of pyridine rings is 1. The van der Waals surface area contributed by atoms with E-state index in [-0.39, 0.29) is 23.6 Å². The highest BCUT2D eigenvalue weighted by Crippen LogP contribution is 2.40. The number of halogens is 1. The van der Waals surface area contributed by atoms with Crippen LogP contribution in [0.1, 0.15) is 28.3 Å². The van der Waals surface area contributed by atoms with Crippen LogP contribution in [0, 0.1) is 6.92 Å². The molecule has 1 unspecified atom stereocenters. The maximum absolute atomic E-state index is 13.0. The molecule has 2 aromatic carbocycles. The van der Waals surface area contributed by atoms with Crippen molar-refractivity contribution in [2.24, 2.45) is 0 Å². The predicted octanol–water partition coefficient (Wildman–Crippen LogP) is 4.48. The number of aromatic hydroxyl groups is 1. The van der Waals surface area contributed by atoms with Gasteiger partial charge in [-0.05, 0) is 60.0 Å². The largest absolute Gasteiger partial charge is 0.508 e. The molecule has 7 heteroatoms. The number of aromatic nitrogens is 1. The third-order valence-corrected chi connectivity index (χ3v) is 6.17.